The normalized spacial score (nSPS) is 11.3. The molecule has 0 saturated carbocycles. The number of carbonyl (C=O) groups is 1. The molecule has 1 N–H and O–H groups in total. The number of hydrogen-bond acceptors (Lipinski definition) is 4. The molecule has 1 aromatic heterocycles. The summed E-state index contributed by atoms with van der Waals surface area (Å²) in [4.78, 5) is 15.6. The number of rotatable bonds is 2. The molecule has 0 fully saturated rings. The molecule has 0 aliphatic heterocycles. The molecule has 0 amide bonds. The van der Waals surface area contributed by atoms with Gasteiger partial charge in [-0.05, 0) is 32.4 Å². The van der Waals surface area contributed by atoms with Crippen molar-refractivity contribution in [2.24, 2.45) is 0 Å². The fourth-order valence-electron chi connectivity index (χ4n) is 1.15. The first kappa shape index (κ1) is 12.9. The van der Waals surface area contributed by atoms with Crippen LogP contribution in [0.2, 0.25) is 5.15 Å². The zero-order valence-corrected chi connectivity index (χ0v) is 10.2. The van der Waals surface area contributed by atoms with Crippen LogP contribution in [0.4, 0.5) is 0 Å². The molecule has 0 radical (unpaired) electrons. The molecule has 0 saturated heterocycles. The molecular formula is C11H14ClNO3. The average Bonchev–Trinajstić information content (AvgIpc) is 2.14. The Balaban J connectivity index is 3.08. The van der Waals surface area contributed by atoms with Gasteiger partial charge in [-0.25, -0.2) is 9.78 Å². The van der Waals surface area contributed by atoms with Crippen molar-refractivity contribution in [3.8, 4) is 0 Å². The lowest BCUT2D eigenvalue weighted by Crippen LogP contribution is -2.25. The Morgan fingerprint density at radius 2 is 2.19 bits per heavy atom. The van der Waals surface area contributed by atoms with Crippen LogP contribution in [0.5, 0.6) is 0 Å². The van der Waals surface area contributed by atoms with Gasteiger partial charge in [-0.15, -0.1) is 0 Å². The van der Waals surface area contributed by atoms with E-state index >= 15 is 0 Å². The molecule has 0 aliphatic rings. The Morgan fingerprint density at radius 1 is 1.56 bits per heavy atom. The summed E-state index contributed by atoms with van der Waals surface area (Å²) in [5, 5.41) is 9.14. The molecule has 0 bridgehead atoms. The summed E-state index contributed by atoms with van der Waals surface area (Å²) in [5.74, 6) is -0.574. The van der Waals surface area contributed by atoms with Gasteiger partial charge in [0.1, 0.15) is 16.3 Å². The highest BCUT2D eigenvalue weighted by Crippen LogP contribution is 2.21. The maximum atomic E-state index is 11.8. The average molecular weight is 244 g/mol. The van der Waals surface area contributed by atoms with Gasteiger partial charge in [0.2, 0.25) is 0 Å². The van der Waals surface area contributed by atoms with E-state index in [0.29, 0.717) is 5.56 Å². The first-order valence-corrected chi connectivity index (χ1v) is 5.20. The van der Waals surface area contributed by atoms with Crippen LogP contribution in [0.3, 0.4) is 0 Å². The second-order valence-corrected chi connectivity index (χ2v) is 4.65. The molecule has 88 valence electrons. The Morgan fingerprint density at radius 3 is 2.69 bits per heavy atom. The predicted molar refractivity (Wildman–Crippen MR) is 60.3 cm³/mol. The first-order valence-electron chi connectivity index (χ1n) is 4.82. The molecule has 16 heavy (non-hydrogen) atoms. The van der Waals surface area contributed by atoms with Gasteiger partial charge in [-0.3, -0.25) is 0 Å². The van der Waals surface area contributed by atoms with Gasteiger partial charge < -0.3 is 9.84 Å². The van der Waals surface area contributed by atoms with E-state index in [9.17, 15) is 4.79 Å². The van der Waals surface area contributed by atoms with Crippen molar-refractivity contribution in [3.63, 3.8) is 0 Å². The highest BCUT2D eigenvalue weighted by molar-refractivity contribution is 6.32. The number of ether oxygens (including phenoxy) is 1. The number of esters is 1. The monoisotopic (exact) mass is 243 g/mol. The molecular weight excluding hydrogens is 230 g/mol. The van der Waals surface area contributed by atoms with Gasteiger partial charge in [0, 0.05) is 6.20 Å². The summed E-state index contributed by atoms with van der Waals surface area (Å²) in [5.41, 5.74) is -0.0703. The van der Waals surface area contributed by atoms with Crippen LogP contribution in [-0.4, -0.2) is 21.7 Å². The van der Waals surface area contributed by atoms with E-state index < -0.39 is 11.6 Å². The van der Waals surface area contributed by atoms with Crippen LogP contribution < -0.4 is 0 Å². The second kappa shape index (κ2) is 4.80. The van der Waals surface area contributed by atoms with Gasteiger partial charge in [0.15, 0.2) is 0 Å². The number of hydrogen-bond donors (Lipinski definition) is 1. The van der Waals surface area contributed by atoms with Crippen LogP contribution >= 0.6 is 11.6 Å². The topological polar surface area (TPSA) is 59.4 Å². The predicted octanol–water partition coefficient (Wildman–Crippen LogP) is 2.18. The van der Waals surface area contributed by atoms with Crippen LogP contribution in [0.15, 0.2) is 12.3 Å². The summed E-state index contributed by atoms with van der Waals surface area (Å²) >= 11 is 5.81. The standard InChI is InChI=1S/C11H14ClNO3/c1-11(2,3)16-10(15)8-7(6-14)4-5-13-9(8)12/h4-5,14H,6H2,1-3H3. The summed E-state index contributed by atoms with van der Waals surface area (Å²) in [6.07, 6.45) is 1.43. The van der Waals surface area contributed by atoms with Crippen molar-refractivity contribution in [3.05, 3.63) is 28.5 Å². The summed E-state index contributed by atoms with van der Waals surface area (Å²) in [7, 11) is 0. The van der Waals surface area contributed by atoms with E-state index in [4.69, 9.17) is 21.4 Å². The van der Waals surface area contributed by atoms with Crippen molar-refractivity contribution >= 4 is 17.6 Å². The minimum absolute atomic E-state index is 0.0424. The van der Waals surface area contributed by atoms with Gasteiger partial charge in [0.25, 0.3) is 0 Å². The molecule has 1 heterocycles. The van der Waals surface area contributed by atoms with Crippen molar-refractivity contribution < 1.29 is 14.6 Å². The number of halogens is 1. The Kier molecular flexibility index (Phi) is 3.88. The molecule has 1 aromatic rings. The van der Waals surface area contributed by atoms with Crippen LogP contribution in [-0.2, 0) is 11.3 Å². The van der Waals surface area contributed by atoms with Gasteiger partial charge in [-0.1, -0.05) is 11.6 Å². The zero-order chi connectivity index (χ0) is 12.3. The van der Waals surface area contributed by atoms with Gasteiger partial charge >= 0.3 is 5.97 Å². The molecule has 0 atom stereocenters. The Hall–Kier alpha value is -1.13. The van der Waals surface area contributed by atoms with Crippen molar-refractivity contribution in [1.82, 2.24) is 4.98 Å². The third kappa shape index (κ3) is 3.18. The number of aliphatic hydroxyl groups excluding tert-OH is 1. The van der Waals surface area contributed by atoms with Crippen molar-refractivity contribution in [1.29, 1.82) is 0 Å². The van der Waals surface area contributed by atoms with Crippen LogP contribution in [0.1, 0.15) is 36.7 Å². The number of aliphatic hydroxyl groups is 1. The summed E-state index contributed by atoms with van der Waals surface area (Å²) < 4.78 is 5.17. The molecule has 5 heteroatoms. The Bertz CT molecular complexity index is 399. The lowest BCUT2D eigenvalue weighted by atomic mass is 10.1. The van der Waals surface area contributed by atoms with E-state index in [1.165, 1.54) is 12.3 Å². The van der Waals surface area contributed by atoms with E-state index in [2.05, 4.69) is 4.98 Å². The van der Waals surface area contributed by atoms with E-state index in [1.54, 1.807) is 20.8 Å². The van der Waals surface area contributed by atoms with E-state index in [1.807, 2.05) is 0 Å². The third-order valence-electron chi connectivity index (χ3n) is 1.76. The number of aromatic nitrogens is 1. The minimum atomic E-state index is -0.608. The van der Waals surface area contributed by atoms with Crippen LogP contribution in [0, 0.1) is 0 Å². The third-order valence-corrected chi connectivity index (χ3v) is 2.05. The summed E-state index contributed by atoms with van der Waals surface area (Å²) in [6.45, 7) is 4.99. The molecule has 0 unspecified atom stereocenters. The first-order chi connectivity index (χ1) is 7.35. The largest absolute Gasteiger partial charge is 0.456 e. The highest BCUT2D eigenvalue weighted by atomic mass is 35.5. The number of nitrogens with zero attached hydrogens (tertiary/aromatic N) is 1. The van der Waals surface area contributed by atoms with Crippen molar-refractivity contribution in [2.75, 3.05) is 0 Å². The number of pyridine rings is 1. The van der Waals surface area contributed by atoms with Gasteiger partial charge in [-0.2, -0.15) is 0 Å². The molecule has 4 nitrogen and oxygen atoms in total. The Labute approximate surface area is 99.2 Å². The maximum Gasteiger partial charge on any atom is 0.342 e. The lowest BCUT2D eigenvalue weighted by molar-refractivity contribution is 0.00663. The zero-order valence-electron chi connectivity index (χ0n) is 9.45. The second-order valence-electron chi connectivity index (χ2n) is 4.30. The van der Waals surface area contributed by atoms with E-state index in [0.717, 1.165) is 0 Å². The smallest absolute Gasteiger partial charge is 0.342 e. The maximum absolute atomic E-state index is 11.8. The van der Waals surface area contributed by atoms with E-state index in [-0.39, 0.29) is 17.3 Å². The molecule has 0 aliphatic carbocycles. The fraction of sp³-hybridized carbons (Fsp3) is 0.455. The number of carbonyl (C=O) groups excluding carboxylic acids is 1. The SMILES string of the molecule is CC(C)(C)OC(=O)c1c(CO)ccnc1Cl. The highest BCUT2D eigenvalue weighted by Gasteiger charge is 2.23. The minimum Gasteiger partial charge on any atom is -0.456 e. The molecule has 0 aromatic carbocycles. The fourth-order valence-corrected chi connectivity index (χ4v) is 1.40. The summed E-state index contributed by atoms with van der Waals surface area (Å²) in [6, 6.07) is 1.53. The quantitative estimate of drug-likeness (QED) is 0.639. The van der Waals surface area contributed by atoms with Crippen molar-refractivity contribution in [2.45, 2.75) is 33.0 Å². The lowest BCUT2D eigenvalue weighted by Gasteiger charge is -2.20. The van der Waals surface area contributed by atoms with Gasteiger partial charge in [0.05, 0.1) is 6.61 Å². The molecule has 0 spiro atoms. The molecule has 1 rings (SSSR count). The van der Waals surface area contributed by atoms with Crippen LogP contribution in [0.25, 0.3) is 0 Å².